The monoisotopic (exact) mass is 245 g/mol. The first-order chi connectivity index (χ1) is 8.66. The lowest BCUT2D eigenvalue weighted by Gasteiger charge is -2.10. The maximum atomic E-state index is 11.7. The molecule has 2 aromatic rings. The number of nitrogens with zero attached hydrogens (tertiary/aromatic N) is 1. The average Bonchev–Trinajstić information content (AvgIpc) is 2.34. The fourth-order valence-electron chi connectivity index (χ4n) is 1.71. The van der Waals surface area contributed by atoms with Crippen LogP contribution in [0.5, 0.6) is 11.6 Å². The topological polar surface area (TPSA) is 51.5 Å². The lowest BCUT2D eigenvalue weighted by atomic mass is 10.3. The zero-order valence-corrected chi connectivity index (χ0v) is 10.2. The van der Waals surface area contributed by atoms with Crippen LogP contribution in [0.4, 0.5) is 0 Å². The molecule has 0 bridgehead atoms. The minimum Gasteiger partial charge on any atom is -0.494 e. The van der Waals surface area contributed by atoms with E-state index in [4.69, 9.17) is 4.74 Å². The van der Waals surface area contributed by atoms with Crippen LogP contribution in [-0.4, -0.2) is 16.3 Å². The van der Waals surface area contributed by atoms with Crippen LogP contribution >= 0.6 is 0 Å². The molecule has 0 spiro atoms. The van der Waals surface area contributed by atoms with Gasteiger partial charge < -0.3 is 9.84 Å². The number of aromatic hydroxyl groups is 1. The van der Waals surface area contributed by atoms with Gasteiger partial charge in [0.1, 0.15) is 12.4 Å². The molecule has 1 aromatic carbocycles. The van der Waals surface area contributed by atoms with E-state index >= 15 is 0 Å². The highest BCUT2D eigenvalue weighted by Crippen LogP contribution is 2.10. The Morgan fingerprint density at radius 3 is 2.61 bits per heavy atom. The number of hydrogen-bond donors (Lipinski definition) is 1. The van der Waals surface area contributed by atoms with Gasteiger partial charge in [-0.15, -0.1) is 0 Å². The molecule has 0 radical (unpaired) electrons. The third-order valence-corrected chi connectivity index (χ3v) is 2.58. The van der Waals surface area contributed by atoms with Crippen molar-refractivity contribution in [3.63, 3.8) is 0 Å². The molecule has 18 heavy (non-hydrogen) atoms. The van der Waals surface area contributed by atoms with Crippen molar-refractivity contribution in [2.24, 2.45) is 0 Å². The number of ether oxygens (including phenoxy) is 1. The van der Waals surface area contributed by atoms with E-state index in [1.165, 1.54) is 10.6 Å². The Bertz CT molecular complexity index is 575. The van der Waals surface area contributed by atoms with Gasteiger partial charge in [-0.2, -0.15) is 0 Å². The number of pyridine rings is 1. The van der Waals surface area contributed by atoms with Gasteiger partial charge in [0.2, 0.25) is 0 Å². The van der Waals surface area contributed by atoms with E-state index in [1.807, 2.05) is 30.3 Å². The number of benzene rings is 1. The number of aromatic nitrogens is 1. The second kappa shape index (κ2) is 5.40. The van der Waals surface area contributed by atoms with E-state index in [-0.39, 0.29) is 11.4 Å². The molecule has 0 fully saturated rings. The summed E-state index contributed by atoms with van der Waals surface area (Å²) in [7, 11) is 0. The van der Waals surface area contributed by atoms with E-state index in [2.05, 4.69) is 0 Å². The summed E-state index contributed by atoms with van der Waals surface area (Å²) in [5.74, 6) is 0.716. The van der Waals surface area contributed by atoms with E-state index in [0.29, 0.717) is 13.2 Å². The van der Waals surface area contributed by atoms with Crippen LogP contribution in [0.3, 0.4) is 0 Å². The summed E-state index contributed by atoms with van der Waals surface area (Å²) in [6.45, 7) is 2.42. The Labute approximate surface area is 105 Å². The molecule has 0 amide bonds. The number of para-hydroxylation sites is 1. The highest BCUT2D eigenvalue weighted by Gasteiger charge is 2.03. The maximum Gasteiger partial charge on any atom is 0.253 e. The van der Waals surface area contributed by atoms with Gasteiger partial charge in [0.15, 0.2) is 5.88 Å². The summed E-state index contributed by atoms with van der Waals surface area (Å²) >= 11 is 0. The van der Waals surface area contributed by atoms with Gasteiger partial charge in [0, 0.05) is 12.1 Å². The van der Waals surface area contributed by atoms with Gasteiger partial charge in [-0.25, -0.2) is 0 Å². The fourth-order valence-corrected chi connectivity index (χ4v) is 1.71. The smallest absolute Gasteiger partial charge is 0.253 e. The van der Waals surface area contributed by atoms with E-state index < -0.39 is 0 Å². The quantitative estimate of drug-likeness (QED) is 0.895. The molecule has 94 valence electrons. The van der Waals surface area contributed by atoms with E-state index in [0.717, 1.165) is 11.3 Å². The lowest BCUT2D eigenvalue weighted by molar-refractivity contribution is 0.284. The van der Waals surface area contributed by atoms with Gasteiger partial charge >= 0.3 is 0 Å². The Morgan fingerprint density at radius 2 is 1.94 bits per heavy atom. The van der Waals surface area contributed by atoms with Gasteiger partial charge in [0.05, 0.1) is 6.54 Å². The van der Waals surface area contributed by atoms with Crippen molar-refractivity contribution in [3.8, 4) is 11.6 Å². The molecule has 0 atom stereocenters. The van der Waals surface area contributed by atoms with Gasteiger partial charge in [-0.05, 0) is 24.6 Å². The van der Waals surface area contributed by atoms with Crippen molar-refractivity contribution in [3.05, 3.63) is 58.4 Å². The second-order valence-corrected chi connectivity index (χ2v) is 4.04. The molecule has 2 rings (SSSR count). The summed E-state index contributed by atoms with van der Waals surface area (Å²) in [5, 5.41) is 9.68. The Kier molecular flexibility index (Phi) is 3.67. The summed E-state index contributed by atoms with van der Waals surface area (Å²) in [6, 6.07) is 12.4. The normalized spacial score (nSPS) is 10.3. The minimum atomic E-state index is -0.218. The number of aryl methyl sites for hydroxylation is 1. The molecule has 0 saturated heterocycles. The Morgan fingerprint density at radius 1 is 1.22 bits per heavy atom. The van der Waals surface area contributed by atoms with Crippen molar-refractivity contribution in [1.29, 1.82) is 0 Å². The molecule has 0 aliphatic rings. The second-order valence-electron chi connectivity index (χ2n) is 4.04. The molecule has 0 unspecified atom stereocenters. The molecule has 0 saturated carbocycles. The number of hydrogen-bond acceptors (Lipinski definition) is 3. The van der Waals surface area contributed by atoms with Gasteiger partial charge in [0.25, 0.3) is 5.56 Å². The van der Waals surface area contributed by atoms with Crippen LogP contribution in [-0.2, 0) is 6.54 Å². The molecular weight excluding hydrogens is 230 g/mol. The third kappa shape index (κ3) is 2.91. The molecule has 1 heterocycles. The standard InChI is InChI=1S/C14H15NO3/c1-11-9-13(16)15(14(17)10-11)7-8-18-12-5-3-2-4-6-12/h2-6,9-10,16H,7-8H2,1H3. The molecule has 1 aromatic heterocycles. The first-order valence-corrected chi connectivity index (χ1v) is 5.75. The van der Waals surface area contributed by atoms with Crippen molar-refractivity contribution in [2.75, 3.05) is 6.61 Å². The molecule has 0 aliphatic carbocycles. The first kappa shape index (κ1) is 12.2. The fraction of sp³-hybridized carbons (Fsp3) is 0.214. The Hall–Kier alpha value is -2.23. The predicted octanol–water partition coefficient (Wildman–Crippen LogP) is 1.94. The largest absolute Gasteiger partial charge is 0.494 e. The average molecular weight is 245 g/mol. The first-order valence-electron chi connectivity index (χ1n) is 5.75. The highest BCUT2D eigenvalue weighted by atomic mass is 16.5. The summed E-state index contributed by atoms with van der Waals surface area (Å²) < 4.78 is 6.77. The van der Waals surface area contributed by atoms with Crippen molar-refractivity contribution >= 4 is 0 Å². The van der Waals surface area contributed by atoms with Crippen molar-refractivity contribution < 1.29 is 9.84 Å². The lowest BCUT2D eigenvalue weighted by Crippen LogP contribution is -2.22. The predicted molar refractivity (Wildman–Crippen MR) is 69.0 cm³/mol. The molecule has 4 nitrogen and oxygen atoms in total. The zero-order valence-electron chi connectivity index (χ0n) is 10.2. The van der Waals surface area contributed by atoms with Crippen molar-refractivity contribution in [1.82, 2.24) is 4.57 Å². The van der Waals surface area contributed by atoms with Crippen LogP contribution in [0.2, 0.25) is 0 Å². The molecule has 1 N–H and O–H groups in total. The molecule has 0 aliphatic heterocycles. The summed E-state index contributed by atoms with van der Waals surface area (Å²) in [5.41, 5.74) is 0.530. The van der Waals surface area contributed by atoms with Crippen LogP contribution in [0.1, 0.15) is 5.56 Å². The van der Waals surface area contributed by atoms with Crippen LogP contribution in [0.15, 0.2) is 47.3 Å². The summed E-state index contributed by atoms with van der Waals surface area (Å²) in [6.07, 6.45) is 0. The minimum absolute atomic E-state index is 0.0309. The van der Waals surface area contributed by atoms with Crippen LogP contribution in [0.25, 0.3) is 0 Å². The molecule has 4 heteroatoms. The van der Waals surface area contributed by atoms with E-state index in [9.17, 15) is 9.90 Å². The SMILES string of the molecule is Cc1cc(O)n(CCOc2ccccc2)c(=O)c1. The highest BCUT2D eigenvalue weighted by molar-refractivity contribution is 5.21. The van der Waals surface area contributed by atoms with Gasteiger partial charge in [-0.3, -0.25) is 9.36 Å². The van der Waals surface area contributed by atoms with Crippen molar-refractivity contribution in [2.45, 2.75) is 13.5 Å². The van der Waals surface area contributed by atoms with Gasteiger partial charge in [-0.1, -0.05) is 18.2 Å². The van der Waals surface area contributed by atoms with Crippen LogP contribution < -0.4 is 10.3 Å². The van der Waals surface area contributed by atoms with E-state index in [1.54, 1.807) is 13.0 Å². The summed E-state index contributed by atoms with van der Waals surface area (Å²) in [4.78, 5) is 11.7. The zero-order chi connectivity index (χ0) is 13.0. The number of rotatable bonds is 4. The molecular formula is C14H15NO3. The maximum absolute atomic E-state index is 11.7. The Balaban J connectivity index is 2.01. The third-order valence-electron chi connectivity index (χ3n) is 2.58. The van der Waals surface area contributed by atoms with Crippen LogP contribution in [0, 0.1) is 6.92 Å².